The van der Waals surface area contributed by atoms with Crippen LogP contribution in [-0.4, -0.2) is 47.7 Å². The van der Waals surface area contributed by atoms with Crippen molar-refractivity contribution in [3.63, 3.8) is 0 Å². The first-order valence-corrected chi connectivity index (χ1v) is 9.73. The van der Waals surface area contributed by atoms with Crippen molar-refractivity contribution in [2.45, 2.75) is 45.5 Å². The minimum absolute atomic E-state index is 0.200. The lowest BCUT2D eigenvalue weighted by atomic mass is 9.95. The lowest BCUT2D eigenvalue weighted by Crippen LogP contribution is -2.42. The summed E-state index contributed by atoms with van der Waals surface area (Å²) < 4.78 is 16.5. The number of hydrogen-bond donors (Lipinski definition) is 0. The predicted octanol–water partition coefficient (Wildman–Crippen LogP) is 3.75. The highest BCUT2D eigenvalue weighted by atomic mass is 16.6. The number of amides is 2. The van der Waals surface area contributed by atoms with E-state index in [-0.39, 0.29) is 5.91 Å². The third-order valence-electron chi connectivity index (χ3n) is 5.26. The average molecular weight is 411 g/mol. The molecule has 4 rings (SSSR count). The van der Waals surface area contributed by atoms with Gasteiger partial charge in [0.25, 0.3) is 5.91 Å². The molecular formula is C22H25N3O5. The molecule has 2 atom stereocenters. The molecule has 1 aromatic heterocycles. The quantitative estimate of drug-likeness (QED) is 0.749. The number of carbonyl (C=O) groups is 2. The van der Waals surface area contributed by atoms with Crippen LogP contribution in [0.4, 0.5) is 10.5 Å². The van der Waals surface area contributed by atoms with Crippen molar-refractivity contribution in [1.82, 2.24) is 9.88 Å². The Morgan fingerprint density at radius 2 is 1.80 bits per heavy atom. The van der Waals surface area contributed by atoms with Crippen LogP contribution in [0.1, 0.15) is 39.4 Å². The Bertz CT molecular complexity index is 1030. The number of pyridine rings is 1. The molecular weight excluding hydrogens is 386 g/mol. The molecule has 158 valence electrons. The number of hydrogen-bond acceptors (Lipinski definition) is 6. The van der Waals surface area contributed by atoms with E-state index in [0.717, 1.165) is 11.1 Å². The Kier molecular flexibility index (Phi) is 4.60. The molecule has 30 heavy (non-hydrogen) atoms. The molecule has 8 nitrogen and oxygen atoms in total. The molecule has 2 aliphatic heterocycles. The topological polar surface area (TPSA) is 81.2 Å². The number of carbonyl (C=O) groups excluding carboxylic acids is 2. The molecule has 2 amide bonds. The zero-order valence-corrected chi connectivity index (χ0v) is 17.9. The van der Waals surface area contributed by atoms with Gasteiger partial charge in [-0.05, 0) is 39.8 Å². The Balaban J connectivity index is 1.93. The van der Waals surface area contributed by atoms with E-state index in [1.807, 2.05) is 12.1 Å². The summed E-state index contributed by atoms with van der Waals surface area (Å²) in [6.07, 6.45) is 0.485. The lowest BCUT2D eigenvalue weighted by Gasteiger charge is -2.37. The standard InChI is InChI=1S/C22H25N3O5/c1-12-20(26)25-15-11-17(29-6)16(28-5)10-14(15)18-13(8-7-9-23-18)19(25)24(12)21(27)30-22(2,3)4/h7-12,19H,1-6H3/t12-,19-/m0/s1. The normalized spacial score (nSPS) is 19.7. The highest BCUT2D eigenvalue weighted by molar-refractivity contribution is 6.07. The van der Waals surface area contributed by atoms with Crippen LogP contribution >= 0.6 is 0 Å². The zero-order valence-electron chi connectivity index (χ0n) is 17.9. The van der Waals surface area contributed by atoms with Gasteiger partial charge in [-0.25, -0.2) is 4.79 Å². The van der Waals surface area contributed by atoms with Crippen LogP contribution in [0.5, 0.6) is 11.5 Å². The predicted molar refractivity (Wildman–Crippen MR) is 111 cm³/mol. The summed E-state index contributed by atoms with van der Waals surface area (Å²) in [6.45, 7) is 7.11. The summed E-state index contributed by atoms with van der Waals surface area (Å²) >= 11 is 0. The van der Waals surface area contributed by atoms with Crippen LogP contribution in [0.25, 0.3) is 11.3 Å². The fourth-order valence-electron chi connectivity index (χ4n) is 4.00. The second-order valence-corrected chi connectivity index (χ2v) is 8.31. The van der Waals surface area contributed by atoms with E-state index in [1.165, 1.54) is 12.0 Å². The molecule has 1 aromatic carbocycles. The lowest BCUT2D eigenvalue weighted by molar-refractivity contribution is -0.119. The van der Waals surface area contributed by atoms with Gasteiger partial charge in [0.05, 0.1) is 25.6 Å². The molecule has 2 aliphatic rings. The number of rotatable bonds is 2. The van der Waals surface area contributed by atoms with Crippen molar-refractivity contribution in [2.75, 3.05) is 19.1 Å². The molecule has 2 aromatic rings. The second-order valence-electron chi connectivity index (χ2n) is 8.31. The van der Waals surface area contributed by atoms with Gasteiger partial charge in [-0.2, -0.15) is 0 Å². The van der Waals surface area contributed by atoms with Gasteiger partial charge in [-0.3, -0.25) is 19.6 Å². The van der Waals surface area contributed by atoms with E-state index in [2.05, 4.69) is 4.98 Å². The van der Waals surface area contributed by atoms with Crippen molar-refractivity contribution < 1.29 is 23.8 Å². The van der Waals surface area contributed by atoms with E-state index >= 15 is 0 Å². The number of fused-ring (bicyclic) bond motifs is 6. The van der Waals surface area contributed by atoms with Gasteiger partial charge in [0, 0.05) is 23.4 Å². The molecule has 1 fully saturated rings. The van der Waals surface area contributed by atoms with Gasteiger partial charge < -0.3 is 14.2 Å². The van der Waals surface area contributed by atoms with E-state index in [4.69, 9.17) is 14.2 Å². The summed E-state index contributed by atoms with van der Waals surface area (Å²) in [5, 5.41) is 0. The maximum atomic E-state index is 13.3. The fourth-order valence-corrected chi connectivity index (χ4v) is 4.00. The highest BCUT2D eigenvalue weighted by Gasteiger charge is 2.52. The number of aromatic nitrogens is 1. The monoisotopic (exact) mass is 411 g/mol. The smallest absolute Gasteiger partial charge is 0.412 e. The molecule has 0 aliphatic carbocycles. The van der Waals surface area contributed by atoms with E-state index in [9.17, 15) is 9.59 Å². The number of nitrogens with zero attached hydrogens (tertiary/aromatic N) is 3. The number of methoxy groups -OCH3 is 2. The molecule has 0 bridgehead atoms. The van der Waals surface area contributed by atoms with Crippen LogP contribution in [-0.2, 0) is 9.53 Å². The largest absolute Gasteiger partial charge is 0.493 e. The van der Waals surface area contributed by atoms with Crippen LogP contribution in [0, 0.1) is 0 Å². The van der Waals surface area contributed by atoms with E-state index < -0.39 is 23.9 Å². The van der Waals surface area contributed by atoms with Crippen molar-refractivity contribution in [2.24, 2.45) is 0 Å². The third-order valence-corrected chi connectivity index (χ3v) is 5.26. The zero-order chi connectivity index (χ0) is 21.8. The summed E-state index contributed by atoms with van der Waals surface area (Å²) in [5.74, 6) is 0.828. The van der Waals surface area contributed by atoms with Crippen molar-refractivity contribution in [1.29, 1.82) is 0 Å². The molecule has 0 radical (unpaired) electrons. The van der Waals surface area contributed by atoms with Gasteiger partial charge in [0.2, 0.25) is 0 Å². The van der Waals surface area contributed by atoms with Gasteiger partial charge in [-0.15, -0.1) is 0 Å². The van der Waals surface area contributed by atoms with Gasteiger partial charge in [0.15, 0.2) is 11.5 Å². The van der Waals surface area contributed by atoms with Gasteiger partial charge in [0.1, 0.15) is 17.8 Å². The van der Waals surface area contributed by atoms with E-state index in [0.29, 0.717) is 22.9 Å². The maximum absolute atomic E-state index is 13.3. The van der Waals surface area contributed by atoms with Crippen molar-refractivity contribution >= 4 is 17.7 Å². The minimum Gasteiger partial charge on any atom is -0.493 e. The molecule has 0 spiro atoms. The molecule has 0 saturated carbocycles. The van der Waals surface area contributed by atoms with Crippen LogP contribution in [0.2, 0.25) is 0 Å². The maximum Gasteiger partial charge on any atom is 0.412 e. The van der Waals surface area contributed by atoms with Crippen LogP contribution in [0.3, 0.4) is 0 Å². The molecule has 8 heteroatoms. The first-order valence-electron chi connectivity index (χ1n) is 9.73. The average Bonchev–Trinajstić information content (AvgIpc) is 2.97. The van der Waals surface area contributed by atoms with Crippen LogP contribution < -0.4 is 14.4 Å². The summed E-state index contributed by atoms with van der Waals surface area (Å²) in [5.41, 5.74) is 2.11. The Morgan fingerprint density at radius 3 is 2.43 bits per heavy atom. The van der Waals surface area contributed by atoms with Gasteiger partial charge >= 0.3 is 6.09 Å². The molecule has 3 heterocycles. The molecule has 1 saturated heterocycles. The first kappa shape index (κ1) is 20.0. The van der Waals surface area contributed by atoms with Crippen LogP contribution in [0.15, 0.2) is 30.5 Å². The van der Waals surface area contributed by atoms with Gasteiger partial charge in [-0.1, -0.05) is 6.07 Å². The second kappa shape index (κ2) is 6.90. The van der Waals surface area contributed by atoms with Crippen molar-refractivity contribution in [3.8, 4) is 22.8 Å². The van der Waals surface area contributed by atoms with E-state index in [1.54, 1.807) is 58.0 Å². The Morgan fingerprint density at radius 1 is 1.13 bits per heavy atom. The number of anilines is 1. The summed E-state index contributed by atoms with van der Waals surface area (Å²) in [6, 6.07) is 6.54. The number of ether oxygens (including phenoxy) is 3. The molecule has 0 unspecified atom stereocenters. The Labute approximate surface area is 175 Å². The third kappa shape index (κ3) is 2.94. The highest BCUT2D eigenvalue weighted by Crippen LogP contribution is 2.52. The minimum atomic E-state index is -0.697. The summed E-state index contributed by atoms with van der Waals surface area (Å²) in [7, 11) is 3.10. The summed E-state index contributed by atoms with van der Waals surface area (Å²) in [4.78, 5) is 34.1. The fraction of sp³-hybridized carbons (Fsp3) is 0.409. The first-order chi connectivity index (χ1) is 14.2. The molecule has 0 N–H and O–H groups in total. The van der Waals surface area contributed by atoms with Crippen molar-refractivity contribution in [3.05, 3.63) is 36.0 Å². The Hall–Kier alpha value is -3.29. The number of benzene rings is 1. The SMILES string of the molecule is COc1cc2c(cc1OC)N1C(=O)[C@H](C)N(C(=O)OC(C)(C)C)[C@@H]1c1cccnc1-2.